The van der Waals surface area contributed by atoms with Crippen molar-refractivity contribution < 1.29 is 4.74 Å². The number of benzene rings is 3. The van der Waals surface area contributed by atoms with E-state index in [2.05, 4.69) is 66.7 Å². The molecule has 0 radical (unpaired) electrons. The largest absolute Gasteiger partial charge is 0.496 e. The molecule has 2 N–H and O–H groups in total. The number of aryl methyl sites for hydroxylation is 1. The number of hydrogen-bond acceptors (Lipinski definition) is 2. The van der Waals surface area contributed by atoms with Gasteiger partial charge in [-0.3, -0.25) is 0 Å². The van der Waals surface area contributed by atoms with E-state index >= 15 is 0 Å². The third kappa shape index (κ3) is 3.66. The Balaban J connectivity index is 1.95. The van der Waals surface area contributed by atoms with Crippen LogP contribution in [0.1, 0.15) is 23.1 Å². The maximum Gasteiger partial charge on any atom is 0.126 e. The van der Waals surface area contributed by atoms with Gasteiger partial charge in [-0.1, -0.05) is 66.7 Å². The van der Waals surface area contributed by atoms with E-state index in [0.717, 1.165) is 30.7 Å². The van der Waals surface area contributed by atoms with Crippen LogP contribution < -0.4 is 10.5 Å². The Hall–Kier alpha value is -2.58. The molecule has 3 aromatic rings. The Morgan fingerprint density at radius 1 is 0.958 bits per heavy atom. The standard InChI is InChI=1S/C22H23NO/c1-24-22-14-12-19-9-2-3-10-20(19)21(22)13-11-18-7-4-6-17(16-18)8-5-15-23/h2-4,6-7,9-14,16H,5,8,15,23H2,1H3/b13-11+. The van der Waals surface area contributed by atoms with Gasteiger partial charge in [-0.15, -0.1) is 0 Å². The summed E-state index contributed by atoms with van der Waals surface area (Å²) in [6.07, 6.45) is 6.33. The number of ether oxygens (including phenoxy) is 1. The first-order valence-electron chi connectivity index (χ1n) is 8.34. The van der Waals surface area contributed by atoms with Crippen LogP contribution in [-0.4, -0.2) is 13.7 Å². The summed E-state index contributed by atoms with van der Waals surface area (Å²) >= 11 is 0. The van der Waals surface area contributed by atoms with Crippen molar-refractivity contribution in [1.29, 1.82) is 0 Å². The summed E-state index contributed by atoms with van der Waals surface area (Å²) in [4.78, 5) is 0. The Bertz CT molecular complexity index is 851. The van der Waals surface area contributed by atoms with Gasteiger partial charge in [0, 0.05) is 5.56 Å². The summed E-state index contributed by atoms with van der Waals surface area (Å²) in [5.41, 5.74) is 9.24. The summed E-state index contributed by atoms with van der Waals surface area (Å²) < 4.78 is 5.55. The lowest BCUT2D eigenvalue weighted by Gasteiger charge is -2.09. The van der Waals surface area contributed by atoms with E-state index in [1.807, 2.05) is 6.07 Å². The molecule has 24 heavy (non-hydrogen) atoms. The van der Waals surface area contributed by atoms with Gasteiger partial charge in [-0.2, -0.15) is 0 Å². The second-order valence-corrected chi connectivity index (χ2v) is 5.87. The van der Waals surface area contributed by atoms with Gasteiger partial charge in [-0.05, 0) is 47.4 Å². The molecular weight excluding hydrogens is 294 g/mol. The first-order chi connectivity index (χ1) is 11.8. The van der Waals surface area contributed by atoms with Gasteiger partial charge in [0.05, 0.1) is 7.11 Å². The summed E-state index contributed by atoms with van der Waals surface area (Å²) in [5, 5.41) is 2.42. The maximum absolute atomic E-state index is 5.61. The van der Waals surface area contributed by atoms with Crippen LogP contribution in [0.15, 0.2) is 60.7 Å². The summed E-state index contributed by atoms with van der Waals surface area (Å²) in [6, 6.07) is 21.1. The Morgan fingerprint density at radius 2 is 1.83 bits per heavy atom. The van der Waals surface area contributed by atoms with E-state index in [1.165, 1.54) is 21.9 Å². The Labute approximate surface area is 143 Å². The molecule has 2 heteroatoms. The zero-order valence-corrected chi connectivity index (χ0v) is 14.0. The number of methoxy groups -OCH3 is 1. The average Bonchev–Trinajstić information content (AvgIpc) is 2.64. The van der Waals surface area contributed by atoms with Crippen molar-refractivity contribution in [3.63, 3.8) is 0 Å². The first kappa shape index (κ1) is 16.3. The number of rotatable bonds is 6. The van der Waals surface area contributed by atoms with E-state index in [4.69, 9.17) is 10.5 Å². The fourth-order valence-corrected chi connectivity index (χ4v) is 2.96. The van der Waals surface area contributed by atoms with Crippen LogP contribution in [-0.2, 0) is 6.42 Å². The lowest BCUT2D eigenvalue weighted by Crippen LogP contribution is -2.00. The summed E-state index contributed by atoms with van der Waals surface area (Å²) in [5.74, 6) is 0.893. The fraction of sp³-hybridized carbons (Fsp3) is 0.182. The minimum absolute atomic E-state index is 0.729. The molecule has 0 saturated carbocycles. The highest BCUT2D eigenvalue weighted by Crippen LogP contribution is 2.29. The van der Waals surface area contributed by atoms with E-state index < -0.39 is 0 Å². The number of nitrogens with two attached hydrogens (primary N) is 1. The molecular formula is C22H23NO. The van der Waals surface area contributed by atoms with E-state index in [9.17, 15) is 0 Å². The highest BCUT2D eigenvalue weighted by molar-refractivity contribution is 5.95. The molecule has 0 unspecified atom stereocenters. The van der Waals surface area contributed by atoms with E-state index in [-0.39, 0.29) is 0 Å². The van der Waals surface area contributed by atoms with Crippen molar-refractivity contribution in [2.24, 2.45) is 5.73 Å². The predicted molar refractivity (Wildman–Crippen MR) is 103 cm³/mol. The van der Waals surface area contributed by atoms with Gasteiger partial charge < -0.3 is 10.5 Å². The maximum atomic E-state index is 5.61. The van der Waals surface area contributed by atoms with Crippen LogP contribution in [0.3, 0.4) is 0 Å². The van der Waals surface area contributed by atoms with Crippen LogP contribution >= 0.6 is 0 Å². The molecule has 0 atom stereocenters. The zero-order chi connectivity index (χ0) is 16.8. The number of fused-ring (bicyclic) bond motifs is 1. The lowest BCUT2D eigenvalue weighted by molar-refractivity contribution is 0.414. The summed E-state index contributed by atoms with van der Waals surface area (Å²) in [6.45, 7) is 0.729. The van der Waals surface area contributed by atoms with Crippen molar-refractivity contribution in [2.45, 2.75) is 12.8 Å². The lowest BCUT2D eigenvalue weighted by atomic mass is 10.0. The number of hydrogen-bond donors (Lipinski definition) is 1. The molecule has 0 aliphatic heterocycles. The highest BCUT2D eigenvalue weighted by atomic mass is 16.5. The third-order valence-electron chi connectivity index (χ3n) is 4.21. The Kier molecular flexibility index (Phi) is 5.29. The molecule has 0 aromatic heterocycles. The molecule has 2 nitrogen and oxygen atoms in total. The Morgan fingerprint density at radius 3 is 2.67 bits per heavy atom. The second kappa shape index (κ2) is 7.80. The van der Waals surface area contributed by atoms with Gasteiger partial charge in [-0.25, -0.2) is 0 Å². The highest BCUT2D eigenvalue weighted by Gasteiger charge is 2.05. The predicted octanol–water partition coefficient (Wildman–Crippen LogP) is 4.91. The zero-order valence-electron chi connectivity index (χ0n) is 14.0. The molecule has 0 saturated heterocycles. The second-order valence-electron chi connectivity index (χ2n) is 5.87. The van der Waals surface area contributed by atoms with Crippen LogP contribution in [0.5, 0.6) is 5.75 Å². The van der Waals surface area contributed by atoms with Gasteiger partial charge in [0.25, 0.3) is 0 Å². The van der Waals surface area contributed by atoms with Crippen molar-refractivity contribution in [2.75, 3.05) is 13.7 Å². The van der Waals surface area contributed by atoms with Crippen LogP contribution in [0, 0.1) is 0 Å². The monoisotopic (exact) mass is 317 g/mol. The van der Waals surface area contributed by atoms with E-state index in [0.29, 0.717) is 0 Å². The minimum atomic E-state index is 0.729. The molecule has 0 aliphatic carbocycles. The van der Waals surface area contributed by atoms with Crippen LogP contribution in [0.2, 0.25) is 0 Å². The molecule has 3 aromatic carbocycles. The fourth-order valence-electron chi connectivity index (χ4n) is 2.96. The van der Waals surface area contributed by atoms with Crippen molar-refractivity contribution in [1.82, 2.24) is 0 Å². The van der Waals surface area contributed by atoms with Crippen molar-refractivity contribution >= 4 is 22.9 Å². The normalized spacial score (nSPS) is 11.2. The van der Waals surface area contributed by atoms with Gasteiger partial charge in [0.2, 0.25) is 0 Å². The molecule has 0 bridgehead atoms. The smallest absolute Gasteiger partial charge is 0.126 e. The molecule has 0 amide bonds. The van der Waals surface area contributed by atoms with Gasteiger partial charge in [0.15, 0.2) is 0 Å². The molecule has 0 heterocycles. The first-order valence-corrected chi connectivity index (χ1v) is 8.34. The van der Waals surface area contributed by atoms with Gasteiger partial charge in [0.1, 0.15) is 5.75 Å². The molecule has 0 fully saturated rings. The van der Waals surface area contributed by atoms with Crippen LogP contribution in [0.25, 0.3) is 22.9 Å². The van der Waals surface area contributed by atoms with Crippen LogP contribution in [0.4, 0.5) is 0 Å². The van der Waals surface area contributed by atoms with Gasteiger partial charge >= 0.3 is 0 Å². The quantitative estimate of drug-likeness (QED) is 0.656. The molecule has 0 aliphatic rings. The SMILES string of the molecule is COc1ccc2ccccc2c1/C=C/c1cccc(CCCN)c1. The van der Waals surface area contributed by atoms with Crippen molar-refractivity contribution in [3.8, 4) is 5.75 Å². The topological polar surface area (TPSA) is 35.2 Å². The molecule has 122 valence electrons. The summed E-state index contributed by atoms with van der Waals surface area (Å²) in [7, 11) is 1.72. The molecule has 3 rings (SSSR count). The van der Waals surface area contributed by atoms with E-state index in [1.54, 1.807) is 7.11 Å². The molecule has 0 spiro atoms. The third-order valence-corrected chi connectivity index (χ3v) is 4.21. The van der Waals surface area contributed by atoms with Crippen molar-refractivity contribution in [3.05, 3.63) is 77.4 Å². The average molecular weight is 317 g/mol. The minimum Gasteiger partial charge on any atom is -0.496 e.